The summed E-state index contributed by atoms with van der Waals surface area (Å²) in [6.07, 6.45) is 0. The van der Waals surface area contributed by atoms with Crippen molar-refractivity contribution >= 4 is 17.0 Å². The number of thiazole rings is 1. The Morgan fingerprint density at radius 1 is 1.37 bits per heavy atom. The van der Waals surface area contributed by atoms with Crippen LogP contribution in [0, 0.1) is 6.92 Å². The lowest BCUT2D eigenvalue weighted by atomic mass is 10.1. The van der Waals surface area contributed by atoms with Gasteiger partial charge in [0.2, 0.25) is 0 Å². The molecule has 0 amide bonds. The number of aromatic nitrogens is 1. The average Bonchev–Trinajstić information content (AvgIpc) is 2.77. The third kappa shape index (κ3) is 3.68. The van der Waals surface area contributed by atoms with Gasteiger partial charge in [0, 0.05) is 17.5 Å². The molecule has 0 aliphatic carbocycles. The van der Waals surface area contributed by atoms with Crippen LogP contribution in [-0.2, 0) is 0 Å². The Balaban J connectivity index is 2.09. The lowest BCUT2D eigenvalue weighted by molar-refractivity contribution is 0.262. The first-order chi connectivity index (χ1) is 9.06. The second-order valence-electron chi connectivity index (χ2n) is 4.66. The smallest absolute Gasteiger partial charge is 0.142 e. The summed E-state index contributed by atoms with van der Waals surface area (Å²) in [5, 5.41) is 3.09. The molecule has 19 heavy (non-hydrogen) atoms. The van der Waals surface area contributed by atoms with Gasteiger partial charge in [-0.25, -0.2) is 4.98 Å². The minimum absolute atomic E-state index is 0.631. The maximum Gasteiger partial charge on any atom is 0.142 e. The number of anilines is 1. The van der Waals surface area contributed by atoms with E-state index in [4.69, 9.17) is 10.5 Å². The molecule has 0 spiro atoms. The summed E-state index contributed by atoms with van der Waals surface area (Å²) in [4.78, 5) is 6.52. The van der Waals surface area contributed by atoms with E-state index in [2.05, 4.69) is 9.88 Å². The van der Waals surface area contributed by atoms with Crippen LogP contribution in [0.15, 0.2) is 23.6 Å². The van der Waals surface area contributed by atoms with E-state index in [0.29, 0.717) is 12.3 Å². The van der Waals surface area contributed by atoms with Crippen molar-refractivity contribution in [1.82, 2.24) is 9.88 Å². The molecule has 2 aromatic rings. The van der Waals surface area contributed by atoms with Gasteiger partial charge in [-0.2, -0.15) is 0 Å². The largest absolute Gasteiger partial charge is 0.490 e. The fraction of sp³-hybridized carbons (Fsp3) is 0.357. The summed E-state index contributed by atoms with van der Waals surface area (Å²) < 4.78 is 5.66. The maximum atomic E-state index is 6.02. The highest BCUT2D eigenvalue weighted by atomic mass is 32.1. The van der Waals surface area contributed by atoms with Gasteiger partial charge in [0.15, 0.2) is 0 Å². The molecule has 5 heteroatoms. The van der Waals surface area contributed by atoms with Crippen LogP contribution in [0.4, 0.5) is 5.69 Å². The Hall–Kier alpha value is -1.59. The minimum Gasteiger partial charge on any atom is -0.490 e. The van der Waals surface area contributed by atoms with Crippen LogP contribution >= 0.6 is 11.3 Å². The van der Waals surface area contributed by atoms with Gasteiger partial charge in [0.1, 0.15) is 12.4 Å². The summed E-state index contributed by atoms with van der Waals surface area (Å²) >= 11 is 1.64. The van der Waals surface area contributed by atoms with Crippen molar-refractivity contribution in [2.75, 3.05) is 33.0 Å². The van der Waals surface area contributed by atoms with Crippen LogP contribution in [-0.4, -0.2) is 37.1 Å². The zero-order chi connectivity index (χ0) is 13.8. The van der Waals surface area contributed by atoms with E-state index >= 15 is 0 Å². The molecule has 0 atom stereocenters. The summed E-state index contributed by atoms with van der Waals surface area (Å²) in [6, 6.07) is 5.82. The fourth-order valence-electron chi connectivity index (χ4n) is 1.67. The van der Waals surface area contributed by atoms with Gasteiger partial charge < -0.3 is 15.4 Å². The van der Waals surface area contributed by atoms with Crippen LogP contribution in [0.5, 0.6) is 5.75 Å². The van der Waals surface area contributed by atoms with Crippen molar-refractivity contribution in [1.29, 1.82) is 0 Å². The second-order valence-corrected chi connectivity index (χ2v) is 5.72. The molecular weight excluding hydrogens is 258 g/mol. The molecule has 0 aliphatic rings. The molecule has 0 saturated heterocycles. The first-order valence-corrected chi connectivity index (χ1v) is 7.04. The van der Waals surface area contributed by atoms with Crippen LogP contribution < -0.4 is 10.5 Å². The van der Waals surface area contributed by atoms with Gasteiger partial charge >= 0.3 is 0 Å². The highest BCUT2D eigenvalue weighted by Gasteiger charge is 2.06. The highest BCUT2D eigenvalue weighted by Crippen LogP contribution is 2.29. The lowest BCUT2D eigenvalue weighted by Gasteiger charge is -2.13. The van der Waals surface area contributed by atoms with Crippen molar-refractivity contribution in [2.45, 2.75) is 6.92 Å². The van der Waals surface area contributed by atoms with Crippen LogP contribution in [0.2, 0.25) is 0 Å². The van der Waals surface area contributed by atoms with Crippen molar-refractivity contribution < 1.29 is 4.74 Å². The number of nitrogens with zero attached hydrogens (tertiary/aromatic N) is 2. The van der Waals surface area contributed by atoms with Crippen LogP contribution in [0.25, 0.3) is 11.3 Å². The van der Waals surface area contributed by atoms with Gasteiger partial charge in [-0.1, -0.05) is 0 Å². The van der Waals surface area contributed by atoms with Crippen molar-refractivity contribution in [3.8, 4) is 17.0 Å². The van der Waals surface area contributed by atoms with E-state index in [-0.39, 0.29) is 0 Å². The van der Waals surface area contributed by atoms with Crippen LogP contribution in [0.3, 0.4) is 0 Å². The third-order valence-corrected chi connectivity index (χ3v) is 3.49. The Bertz CT molecular complexity index is 551. The van der Waals surface area contributed by atoms with Crippen molar-refractivity contribution in [3.05, 3.63) is 28.6 Å². The highest BCUT2D eigenvalue weighted by molar-refractivity contribution is 7.09. The molecule has 102 valence electrons. The van der Waals surface area contributed by atoms with E-state index in [0.717, 1.165) is 28.6 Å². The standard InChI is InChI=1S/C14H19N3OS/c1-10-16-13(9-19-10)11-4-5-14(12(15)8-11)18-7-6-17(2)3/h4-5,8-9H,6-7,15H2,1-3H3. The topological polar surface area (TPSA) is 51.4 Å². The van der Waals surface area contributed by atoms with Gasteiger partial charge in [-0.05, 0) is 39.2 Å². The molecule has 4 nitrogen and oxygen atoms in total. The van der Waals surface area contributed by atoms with Gasteiger partial charge in [-0.3, -0.25) is 0 Å². The number of hydrogen-bond acceptors (Lipinski definition) is 5. The Morgan fingerprint density at radius 3 is 2.74 bits per heavy atom. The molecule has 0 saturated carbocycles. The average molecular weight is 277 g/mol. The summed E-state index contributed by atoms with van der Waals surface area (Å²) in [6.45, 7) is 3.50. The summed E-state index contributed by atoms with van der Waals surface area (Å²) in [7, 11) is 4.03. The molecule has 2 N–H and O–H groups in total. The molecule has 1 aromatic carbocycles. The normalized spacial score (nSPS) is 10.9. The SMILES string of the molecule is Cc1nc(-c2ccc(OCCN(C)C)c(N)c2)cs1. The summed E-state index contributed by atoms with van der Waals surface area (Å²) in [5.74, 6) is 0.734. The molecular formula is C14H19N3OS. The number of nitrogen functional groups attached to an aromatic ring is 1. The van der Waals surface area contributed by atoms with E-state index in [1.54, 1.807) is 11.3 Å². The number of benzene rings is 1. The van der Waals surface area contributed by atoms with Crippen molar-refractivity contribution in [2.24, 2.45) is 0 Å². The molecule has 2 rings (SSSR count). The molecule has 0 fully saturated rings. The number of likely N-dealkylation sites (N-methyl/N-ethyl adjacent to an activating group) is 1. The lowest BCUT2D eigenvalue weighted by Crippen LogP contribution is -2.19. The third-order valence-electron chi connectivity index (χ3n) is 2.72. The van der Waals surface area contributed by atoms with E-state index in [1.165, 1.54) is 0 Å². The first kappa shape index (κ1) is 13.8. The predicted octanol–water partition coefficient (Wildman–Crippen LogP) is 2.64. The molecule has 0 bridgehead atoms. The van der Waals surface area contributed by atoms with Crippen LogP contribution in [0.1, 0.15) is 5.01 Å². The maximum absolute atomic E-state index is 6.02. The van der Waals surface area contributed by atoms with Gasteiger partial charge in [0.25, 0.3) is 0 Å². The number of nitrogens with two attached hydrogens (primary N) is 1. The zero-order valence-electron chi connectivity index (χ0n) is 11.5. The molecule has 0 unspecified atom stereocenters. The molecule has 1 heterocycles. The number of hydrogen-bond donors (Lipinski definition) is 1. The second kappa shape index (κ2) is 6.04. The zero-order valence-corrected chi connectivity index (χ0v) is 12.3. The molecule has 0 radical (unpaired) electrons. The predicted molar refractivity (Wildman–Crippen MR) is 80.7 cm³/mol. The fourth-order valence-corrected chi connectivity index (χ4v) is 2.30. The van der Waals surface area contributed by atoms with E-state index in [1.807, 2.05) is 44.6 Å². The van der Waals surface area contributed by atoms with Gasteiger partial charge in [0.05, 0.1) is 16.4 Å². The number of aryl methyl sites for hydroxylation is 1. The molecule has 0 aliphatic heterocycles. The Kier molecular flexibility index (Phi) is 4.39. The first-order valence-electron chi connectivity index (χ1n) is 6.16. The van der Waals surface area contributed by atoms with Crippen molar-refractivity contribution in [3.63, 3.8) is 0 Å². The quantitative estimate of drug-likeness (QED) is 0.854. The summed E-state index contributed by atoms with van der Waals surface area (Å²) in [5.41, 5.74) is 8.67. The van der Waals surface area contributed by atoms with Gasteiger partial charge in [-0.15, -0.1) is 11.3 Å². The van der Waals surface area contributed by atoms with E-state index in [9.17, 15) is 0 Å². The van der Waals surface area contributed by atoms with E-state index < -0.39 is 0 Å². The minimum atomic E-state index is 0.631. The Labute approximate surface area is 117 Å². The monoisotopic (exact) mass is 277 g/mol. The molecule has 1 aromatic heterocycles. The number of rotatable bonds is 5. The number of ether oxygens (including phenoxy) is 1. The Morgan fingerprint density at radius 2 is 2.16 bits per heavy atom.